The third-order valence-corrected chi connectivity index (χ3v) is 1.80. The number of rotatable bonds is 4. The highest BCUT2D eigenvalue weighted by molar-refractivity contribution is 4.99. The fourth-order valence-corrected chi connectivity index (χ4v) is 1.01. The Morgan fingerprint density at radius 3 is 2.00 bits per heavy atom. The Labute approximate surface area is 84.0 Å². The van der Waals surface area contributed by atoms with Crippen LogP contribution in [-0.4, -0.2) is 12.1 Å². The summed E-state index contributed by atoms with van der Waals surface area (Å²) in [5, 5.41) is 0. The van der Waals surface area contributed by atoms with Gasteiger partial charge >= 0.3 is 12.1 Å². The van der Waals surface area contributed by atoms with Crippen LogP contribution in [0.25, 0.3) is 0 Å². The minimum absolute atomic E-state index is 0.624. The van der Waals surface area contributed by atoms with Gasteiger partial charge in [-0.25, -0.2) is 4.39 Å². The Morgan fingerprint density at radius 1 is 1.27 bits per heavy atom. The predicted octanol–water partition coefficient (Wildman–Crippen LogP) is 4.29. The molecule has 0 heterocycles. The van der Waals surface area contributed by atoms with Gasteiger partial charge in [-0.2, -0.15) is 22.0 Å². The summed E-state index contributed by atoms with van der Waals surface area (Å²) in [4.78, 5) is 0. The Morgan fingerprint density at radius 2 is 1.73 bits per heavy atom. The van der Waals surface area contributed by atoms with E-state index in [0.29, 0.717) is 6.08 Å². The molecule has 0 radical (unpaired) electrons. The summed E-state index contributed by atoms with van der Waals surface area (Å²) >= 11 is 0. The quantitative estimate of drug-likeness (QED) is 0.502. The average Bonchev–Trinajstić information content (AvgIpc) is 1.99. The van der Waals surface area contributed by atoms with E-state index in [4.69, 9.17) is 0 Å². The van der Waals surface area contributed by atoms with E-state index in [0.717, 1.165) is 6.92 Å². The molecule has 0 aromatic carbocycles. The fourth-order valence-electron chi connectivity index (χ4n) is 1.01. The zero-order valence-corrected chi connectivity index (χ0v) is 8.04. The lowest BCUT2D eigenvalue weighted by atomic mass is 9.98. The maximum atomic E-state index is 12.7. The van der Waals surface area contributed by atoms with Crippen LogP contribution in [0, 0.1) is 12.8 Å². The monoisotopic (exact) mass is 233 g/mol. The minimum Gasteiger partial charge on any atom is -0.212 e. The first-order valence-electron chi connectivity index (χ1n) is 4.19. The number of hydrogen-bond acceptors (Lipinski definition) is 0. The molecular weight excluding hydrogens is 222 g/mol. The Kier molecular flexibility index (Phi) is 4.55. The molecule has 1 unspecified atom stereocenters. The zero-order chi connectivity index (χ0) is 12.3. The Bertz CT molecular complexity index is 222. The highest BCUT2D eigenvalue weighted by Gasteiger charge is 2.44. The van der Waals surface area contributed by atoms with Crippen LogP contribution in [0.3, 0.4) is 0 Å². The van der Waals surface area contributed by atoms with Crippen LogP contribution >= 0.6 is 0 Å². The second-order valence-corrected chi connectivity index (χ2v) is 3.16. The van der Waals surface area contributed by atoms with Gasteiger partial charge in [0.1, 0.15) is 18.7 Å². The van der Waals surface area contributed by atoms with Gasteiger partial charge < -0.3 is 0 Å². The molecule has 1 atom stereocenters. The van der Waals surface area contributed by atoms with Crippen LogP contribution in [0.2, 0.25) is 0 Å². The van der Waals surface area contributed by atoms with Crippen molar-refractivity contribution in [1.82, 2.24) is 0 Å². The van der Waals surface area contributed by atoms with E-state index < -0.39 is 36.7 Å². The van der Waals surface area contributed by atoms with Gasteiger partial charge in [-0.1, -0.05) is 6.08 Å². The topological polar surface area (TPSA) is 0 Å². The highest BCUT2D eigenvalue weighted by atomic mass is 19.4. The molecule has 0 aliphatic carbocycles. The molecule has 0 aliphatic heterocycles. The van der Waals surface area contributed by atoms with Crippen molar-refractivity contribution >= 4 is 0 Å². The molecule has 15 heavy (non-hydrogen) atoms. The van der Waals surface area contributed by atoms with E-state index in [1.807, 2.05) is 0 Å². The van der Waals surface area contributed by atoms with Gasteiger partial charge in [0, 0.05) is 0 Å². The SMILES string of the molecule is [CH2+]C(F)(F)CCC(C(F)=CC)C(F)(F)F. The summed E-state index contributed by atoms with van der Waals surface area (Å²) in [5.74, 6) is -7.36. The molecule has 0 aromatic heterocycles. The summed E-state index contributed by atoms with van der Waals surface area (Å²) in [7, 11) is 0. The fraction of sp³-hybridized carbons (Fsp3) is 0.667. The first kappa shape index (κ1) is 14.2. The maximum absolute atomic E-state index is 12.7. The van der Waals surface area contributed by atoms with Crippen LogP contribution in [0.15, 0.2) is 11.9 Å². The smallest absolute Gasteiger partial charge is 0.212 e. The van der Waals surface area contributed by atoms with Crippen molar-refractivity contribution in [3.8, 4) is 0 Å². The van der Waals surface area contributed by atoms with E-state index in [2.05, 4.69) is 6.92 Å². The molecular formula is C9H11F6+. The van der Waals surface area contributed by atoms with Gasteiger partial charge in [0.2, 0.25) is 0 Å². The molecule has 0 N–H and O–H groups in total. The van der Waals surface area contributed by atoms with Gasteiger partial charge in [-0.3, -0.25) is 0 Å². The van der Waals surface area contributed by atoms with E-state index in [-0.39, 0.29) is 0 Å². The van der Waals surface area contributed by atoms with E-state index in [9.17, 15) is 26.3 Å². The normalized spacial score (nSPS) is 16.6. The van der Waals surface area contributed by atoms with Crippen molar-refractivity contribution in [2.24, 2.45) is 5.92 Å². The molecule has 0 saturated carbocycles. The van der Waals surface area contributed by atoms with Crippen molar-refractivity contribution in [2.75, 3.05) is 0 Å². The summed E-state index contributed by atoms with van der Waals surface area (Å²) in [6, 6.07) is 0. The largest absolute Gasteiger partial charge is 0.397 e. The van der Waals surface area contributed by atoms with Crippen molar-refractivity contribution in [3.05, 3.63) is 18.8 Å². The van der Waals surface area contributed by atoms with Crippen molar-refractivity contribution in [2.45, 2.75) is 31.9 Å². The number of alkyl halides is 5. The molecule has 0 bridgehead atoms. The number of halogens is 6. The van der Waals surface area contributed by atoms with Crippen LogP contribution in [-0.2, 0) is 0 Å². The molecule has 0 aromatic rings. The summed E-state index contributed by atoms with van der Waals surface area (Å²) < 4.78 is 73.7. The lowest BCUT2D eigenvalue weighted by molar-refractivity contribution is -0.172. The molecule has 0 fully saturated rings. The summed E-state index contributed by atoms with van der Waals surface area (Å²) in [5.41, 5.74) is 0. The van der Waals surface area contributed by atoms with Crippen LogP contribution in [0.4, 0.5) is 26.3 Å². The predicted molar refractivity (Wildman–Crippen MR) is 43.9 cm³/mol. The van der Waals surface area contributed by atoms with Gasteiger partial charge in [-0.05, 0) is 13.3 Å². The first-order chi connectivity index (χ1) is 6.58. The second kappa shape index (κ2) is 4.81. The summed E-state index contributed by atoms with van der Waals surface area (Å²) in [6.07, 6.45) is -6.32. The molecule has 88 valence electrons. The third kappa shape index (κ3) is 5.59. The van der Waals surface area contributed by atoms with Gasteiger partial charge in [-0.15, -0.1) is 0 Å². The molecule has 0 rings (SSSR count). The van der Waals surface area contributed by atoms with E-state index in [1.165, 1.54) is 0 Å². The third-order valence-electron chi connectivity index (χ3n) is 1.80. The first-order valence-corrected chi connectivity index (χ1v) is 4.19. The minimum atomic E-state index is -4.85. The van der Waals surface area contributed by atoms with Crippen molar-refractivity contribution < 1.29 is 26.3 Å². The second-order valence-electron chi connectivity index (χ2n) is 3.16. The molecule has 6 heteroatoms. The zero-order valence-electron chi connectivity index (χ0n) is 8.04. The van der Waals surface area contributed by atoms with Gasteiger partial charge in [0.05, 0.1) is 6.42 Å². The van der Waals surface area contributed by atoms with Gasteiger partial charge in [0.25, 0.3) is 0 Å². The van der Waals surface area contributed by atoms with Gasteiger partial charge in [0.15, 0.2) is 0 Å². The van der Waals surface area contributed by atoms with E-state index >= 15 is 0 Å². The number of allylic oxidation sites excluding steroid dienone is 2. The van der Waals surface area contributed by atoms with Crippen LogP contribution in [0.1, 0.15) is 19.8 Å². The summed E-state index contributed by atoms with van der Waals surface area (Å²) in [6.45, 7) is 3.45. The Hall–Kier alpha value is -0.810. The Balaban J connectivity index is 4.56. The van der Waals surface area contributed by atoms with Crippen LogP contribution in [0.5, 0.6) is 0 Å². The lowest BCUT2D eigenvalue weighted by Crippen LogP contribution is -2.26. The lowest BCUT2D eigenvalue weighted by Gasteiger charge is -2.18. The molecule has 0 aliphatic rings. The molecule has 0 amide bonds. The average molecular weight is 233 g/mol. The van der Waals surface area contributed by atoms with E-state index in [1.54, 1.807) is 0 Å². The molecule has 0 spiro atoms. The molecule has 0 saturated heterocycles. The van der Waals surface area contributed by atoms with Crippen molar-refractivity contribution in [1.29, 1.82) is 0 Å². The molecule has 0 nitrogen and oxygen atoms in total. The van der Waals surface area contributed by atoms with Crippen molar-refractivity contribution in [3.63, 3.8) is 0 Å². The van der Waals surface area contributed by atoms with Crippen LogP contribution < -0.4 is 0 Å². The number of hydrogen-bond donors (Lipinski definition) is 0. The maximum Gasteiger partial charge on any atom is 0.397 e. The standard InChI is InChI=1S/C9H11F6/c1-3-7(10)6(9(13,14)15)4-5-8(2,11)12/h3,6H,2,4-5H2,1H3/q+1. The highest BCUT2D eigenvalue weighted by Crippen LogP contribution is 2.37.